The van der Waals surface area contributed by atoms with Crippen molar-refractivity contribution in [3.8, 4) is 0 Å². The van der Waals surface area contributed by atoms with Crippen molar-refractivity contribution in [3.05, 3.63) is 65.0 Å². The molecule has 2 atom stereocenters. The molecule has 1 aromatic carbocycles. The van der Waals surface area contributed by atoms with Crippen molar-refractivity contribution in [1.29, 1.82) is 0 Å². The van der Waals surface area contributed by atoms with Gasteiger partial charge in [0.15, 0.2) is 5.60 Å². The van der Waals surface area contributed by atoms with Gasteiger partial charge in [-0.3, -0.25) is 9.59 Å². The Kier molecular flexibility index (Phi) is 4.77. The molecule has 2 unspecified atom stereocenters. The number of fused-ring (bicyclic) bond motifs is 1. The number of carbonyl (C=O) groups excluding carboxylic acids is 2. The van der Waals surface area contributed by atoms with Gasteiger partial charge < -0.3 is 14.5 Å². The van der Waals surface area contributed by atoms with Crippen molar-refractivity contribution in [1.82, 2.24) is 14.8 Å². The fourth-order valence-corrected chi connectivity index (χ4v) is 5.04. The van der Waals surface area contributed by atoms with E-state index in [4.69, 9.17) is 4.74 Å². The molecule has 31 heavy (non-hydrogen) atoms. The summed E-state index contributed by atoms with van der Waals surface area (Å²) >= 11 is 0. The lowest BCUT2D eigenvalue weighted by atomic mass is 9.89. The largest absolute Gasteiger partial charge is 0.342 e. The van der Waals surface area contributed by atoms with E-state index < -0.39 is 29.5 Å². The molecule has 4 heterocycles. The first-order valence-electron chi connectivity index (χ1n) is 10.6. The van der Waals surface area contributed by atoms with Crippen LogP contribution in [0.2, 0.25) is 0 Å². The van der Waals surface area contributed by atoms with E-state index in [2.05, 4.69) is 4.98 Å². The number of amides is 2. The molecule has 6 nitrogen and oxygen atoms in total. The zero-order chi connectivity index (χ0) is 21.8. The number of nitrogens with zero attached hydrogens (tertiary/aromatic N) is 3. The smallest absolute Gasteiger partial charge is 0.272 e. The number of hydrogen-bond donors (Lipinski definition) is 0. The van der Waals surface area contributed by atoms with Crippen LogP contribution in [0.15, 0.2) is 36.4 Å². The zero-order valence-corrected chi connectivity index (χ0v) is 17.2. The van der Waals surface area contributed by atoms with Crippen LogP contribution < -0.4 is 0 Å². The van der Waals surface area contributed by atoms with E-state index in [1.165, 1.54) is 12.1 Å². The topological polar surface area (TPSA) is 62.7 Å². The summed E-state index contributed by atoms with van der Waals surface area (Å²) < 4.78 is 33.7. The molecule has 2 amide bonds. The van der Waals surface area contributed by atoms with E-state index in [0.717, 1.165) is 11.8 Å². The van der Waals surface area contributed by atoms with Crippen LogP contribution in [0.4, 0.5) is 8.78 Å². The molecule has 0 aliphatic carbocycles. The average Bonchev–Trinajstić information content (AvgIpc) is 3.26. The first-order valence-corrected chi connectivity index (χ1v) is 10.6. The predicted octanol–water partition coefficient (Wildman–Crippen LogP) is 3.36. The van der Waals surface area contributed by atoms with E-state index in [0.29, 0.717) is 50.0 Å². The SMILES string of the molecule is Cc1cccc(C(=O)N2CCC3(CC2)OC2CCC(c4cc(F)cc(F)c4)N2C3=O)n1. The highest BCUT2D eigenvalue weighted by atomic mass is 19.1. The summed E-state index contributed by atoms with van der Waals surface area (Å²) in [5, 5.41) is 0. The lowest BCUT2D eigenvalue weighted by Gasteiger charge is -2.37. The lowest BCUT2D eigenvalue weighted by Crippen LogP contribution is -2.51. The quantitative estimate of drug-likeness (QED) is 0.737. The summed E-state index contributed by atoms with van der Waals surface area (Å²) in [6, 6.07) is 8.31. The first-order chi connectivity index (χ1) is 14.9. The van der Waals surface area contributed by atoms with Crippen LogP contribution in [0.1, 0.15) is 53.5 Å². The molecule has 162 valence electrons. The third kappa shape index (κ3) is 3.39. The van der Waals surface area contributed by atoms with Crippen LogP contribution in [0, 0.1) is 18.6 Å². The number of carbonyl (C=O) groups is 2. The summed E-state index contributed by atoms with van der Waals surface area (Å²) in [6.45, 7) is 2.61. The predicted molar refractivity (Wildman–Crippen MR) is 107 cm³/mol. The van der Waals surface area contributed by atoms with Gasteiger partial charge in [-0.05, 0) is 49.6 Å². The van der Waals surface area contributed by atoms with Gasteiger partial charge in [0.2, 0.25) is 0 Å². The molecular weight excluding hydrogens is 404 g/mol. The van der Waals surface area contributed by atoms with Crippen LogP contribution >= 0.6 is 0 Å². The second-order valence-electron chi connectivity index (χ2n) is 8.53. The molecule has 3 saturated heterocycles. The number of ether oxygens (including phenoxy) is 1. The summed E-state index contributed by atoms with van der Waals surface area (Å²) in [5.74, 6) is -1.61. The lowest BCUT2D eigenvalue weighted by molar-refractivity contribution is -0.142. The van der Waals surface area contributed by atoms with Gasteiger partial charge in [0.1, 0.15) is 23.6 Å². The third-order valence-electron chi connectivity index (χ3n) is 6.55. The maximum absolute atomic E-state index is 13.7. The Balaban J connectivity index is 1.32. The molecule has 8 heteroatoms. The normalized spacial score (nSPS) is 24.7. The van der Waals surface area contributed by atoms with Crippen LogP contribution in [-0.2, 0) is 9.53 Å². The summed E-state index contributed by atoms with van der Waals surface area (Å²) in [6.07, 6.45) is 1.59. The second-order valence-corrected chi connectivity index (χ2v) is 8.53. The summed E-state index contributed by atoms with van der Waals surface area (Å²) in [5.41, 5.74) is 0.635. The average molecular weight is 427 g/mol. The van der Waals surface area contributed by atoms with Crippen molar-refractivity contribution < 1.29 is 23.1 Å². The number of hydrogen-bond acceptors (Lipinski definition) is 4. The number of piperidine rings is 1. The molecule has 2 aromatic rings. The number of halogens is 2. The minimum atomic E-state index is -0.980. The molecule has 0 bridgehead atoms. The number of aromatic nitrogens is 1. The Morgan fingerprint density at radius 1 is 1.13 bits per heavy atom. The van der Waals surface area contributed by atoms with Gasteiger partial charge in [0.05, 0.1) is 6.04 Å². The van der Waals surface area contributed by atoms with Gasteiger partial charge in [-0.2, -0.15) is 0 Å². The third-order valence-corrected chi connectivity index (χ3v) is 6.55. The standard InChI is InChI=1S/C23H23F2N3O3/c1-14-3-2-4-18(26-14)21(29)27-9-7-23(8-10-27)22(30)28-19(5-6-20(28)31-23)15-11-16(24)13-17(25)12-15/h2-4,11-13,19-20H,5-10H2,1H3. The highest BCUT2D eigenvalue weighted by Gasteiger charge is 2.58. The Morgan fingerprint density at radius 2 is 1.84 bits per heavy atom. The molecule has 5 rings (SSSR count). The van der Waals surface area contributed by atoms with Crippen LogP contribution in [0.25, 0.3) is 0 Å². The van der Waals surface area contributed by atoms with Crippen molar-refractivity contribution in [3.63, 3.8) is 0 Å². The zero-order valence-electron chi connectivity index (χ0n) is 17.2. The van der Waals surface area contributed by atoms with Crippen molar-refractivity contribution in [2.24, 2.45) is 0 Å². The first kappa shape index (κ1) is 20.1. The highest BCUT2D eigenvalue weighted by Crippen LogP contribution is 2.47. The molecular formula is C23H23F2N3O3. The number of likely N-dealkylation sites (tertiary alicyclic amines) is 1. The van der Waals surface area contributed by atoms with E-state index in [1.807, 2.05) is 13.0 Å². The fourth-order valence-electron chi connectivity index (χ4n) is 5.04. The fraction of sp³-hybridized carbons (Fsp3) is 0.435. The van der Waals surface area contributed by atoms with Gasteiger partial charge in [-0.25, -0.2) is 13.8 Å². The van der Waals surface area contributed by atoms with Crippen LogP contribution in [-0.4, -0.2) is 51.5 Å². The minimum Gasteiger partial charge on any atom is -0.342 e. The molecule has 3 aliphatic rings. The number of rotatable bonds is 2. The van der Waals surface area contributed by atoms with Gasteiger partial charge >= 0.3 is 0 Å². The number of pyridine rings is 1. The maximum Gasteiger partial charge on any atom is 0.272 e. The monoisotopic (exact) mass is 427 g/mol. The van der Waals surface area contributed by atoms with Crippen LogP contribution in [0.3, 0.4) is 0 Å². The Morgan fingerprint density at radius 3 is 2.52 bits per heavy atom. The molecule has 0 radical (unpaired) electrons. The van der Waals surface area contributed by atoms with E-state index in [1.54, 1.807) is 21.9 Å². The van der Waals surface area contributed by atoms with Gasteiger partial charge in [-0.1, -0.05) is 6.07 Å². The molecule has 3 aliphatic heterocycles. The van der Waals surface area contributed by atoms with Crippen LogP contribution in [0.5, 0.6) is 0 Å². The molecule has 0 saturated carbocycles. The van der Waals surface area contributed by atoms with Gasteiger partial charge in [-0.15, -0.1) is 0 Å². The summed E-state index contributed by atoms with van der Waals surface area (Å²) in [7, 11) is 0. The maximum atomic E-state index is 13.7. The van der Waals surface area contributed by atoms with Crippen molar-refractivity contribution in [2.45, 2.75) is 50.5 Å². The van der Waals surface area contributed by atoms with Gasteiger partial charge in [0.25, 0.3) is 11.8 Å². The van der Waals surface area contributed by atoms with Crippen molar-refractivity contribution in [2.75, 3.05) is 13.1 Å². The summed E-state index contributed by atoms with van der Waals surface area (Å²) in [4.78, 5) is 33.8. The van der Waals surface area contributed by atoms with Crippen molar-refractivity contribution >= 4 is 11.8 Å². The Bertz CT molecular complexity index is 1030. The van der Waals surface area contributed by atoms with E-state index in [9.17, 15) is 18.4 Å². The second kappa shape index (κ2) is 7.37. The molecule has 3 fully saturated rings. The minimum absolute atomic E-state index is 0.148. The van der Waals surface area contributed by atoms with Gasteiger partial charge in [0, 0.05) is 37.7 Å². The Hall–Kier alpha value is -2.87. The molecule has 1 spiro atoms. The molecule has 0 N–H and O–H groups in total. The van der Waals surface area contributed by atoms with E-state index >= 15 is 0 Å². The molecule has 1 aromatic heterocycles. The Labute approximate surface area is 178 Å². The number of aryl methyl sites for hydroxylation is 1. The number of benzene rings is 1. The van der Waals surface area contributed by atoms with E-state index in [-0.39, 0.29) is 11.8 Å². The highest BCUT2D eigenvalue weighted by molar-refractivity contribution is 5.93.